The second-order valence-corrected chi connectivity index (χ2v) is 4.73. The lowest BCUT2D eigenvalue weighted by Gasteiger charge is -2.11. The molecule has 0 fully saturated rings. The Morgan fingerprint density at radius 2 is 2.11 bits per heavy atom. The van der Waals surface area contributed by atoms with Gasteiger partial charge >= 0.3 is 6.61 Å². The molecule has 0 radical (unpaired) electrons. The molecule has 0 aliphatic heterocycles. The highest BCUT2D eigenvalue weighted by Crippen LogP contribution is 2.24. The fourth-order valence-electron chi connectivity index (χ4n) is 1.63. The van der Waals surface area contributed by atoms with Crippen LogP contribution in [0.4, 0.5) is 8.78 Å². The van der Waals surface area contributed by atoms with E-state index in [1.165, 1.54) is 6.07 Å². The summed E-state index contributed by atoms with van der Waals surface area (Å²) in [4.78, 5) is 0. The van der Waals surface area contributed by atoms with E-state index in [9.17, 15) is 8.78 Å². The molecular weight excluding hydrogens is 320 g/mol. The number of benzene rings is 1. The average molecular weight is 332 g/mol. The Bertz CT molecular complexity index is 517. The first kappa shape index (κ1) is 14.0. The van der Waals surface area contributed by atoms with E-state index in [1.54, 1.807) is 24.5 Å². The van der Waals surface area contributed by atoms with Crippen molar-refractivity contribution in [3.63, 3.8) is 0 Å². The van der Waals surface area contributed by atoms with Crippen LogP contribution in [0.2, 0.25) is 0 Å². The van der Waals surface area contributed by atoms with E-state index < -0.39 is 6.61 Å². The average Bonchev–Trinajstić information content (AvgIpc) is 2.85. The van der Waals surface area contributed by atoms with Crippen LogP contribution in [0, 0.1) is 0 Å². The third-order valence-electron chi connectivity index (χ3n) is 2.43. The molecule has 102 valence electrons. The van der Waals surface area contributed by atoms with Crippen LogP contribution in [-0.2, 0) is 13.1 Å². The minimum absolute atomic E-state index is 0.171. The molecule has 1 aromatic heterocycles. The smallest absolute Gasteiger partial charge is 0.387 e. The van der Waals surface area contributed by atoms with Crippen LogP contribution >= 0.6 is 15.9 Å². The number of hydrogen-bond donors (Lipinski definition) is 1. The molecule has 0 aliphatic carbocycles. The minimum Gasteiger partial charge on any atom is -0.468 e. The zero-order valence-electron chi connectivity index (χ0n) is 9.91. The molecule has 0 amide bonds. The molecule has 1 N–H and O–H groups in total. The summed E-state index contributed by atoms with van der Waals surface area (Å²) in [7, 11) is 0. The van der Waals surface area contributed by atoms with Gasteiger partial charge in [0, 0.05) is 16.6 Å². The van der Waals surface area contributed by atoms with E-state index in [0.717, 1.165) is 10.2 Å². The van der Waals surface area contributed by atoms with Gasteiger partial charge in [0.1, 0.15) is 11.5 Å². The summed E-state index contributed by atoms with van der Waals surface area (Å²) in [6.07, 6.45) is 1.58. The molecule has 19 heavy (non-hydrogen) atoms. The summed E-state index contributed by atoms with van der Waals surface area (Å²) in [6, 6.07) is 8.55. The molecule has 0 spiro atoms. The lowest BCUT2D eigenvalue weighted by Crippen LogP contribution is -2.14. The SMILES string of the molecule is FC(F)Oc1ccc(Br)cc1CNCc1ccco1. The molecule has 1 aromatic carbocycles. The summed E-state index contributed by atoms with van der Waals surface area (Å²) in [5, 5.41) is 3.11. The van der Waals surface area contributed by atoms with Gasteiger partial charge in [-0.25, -0.2) is 0 Å². The summed E-state index contributed by atoms with van der Waals surface area (Å²) < 4.78 is 35.0. The van der Waals surface area contributed by atoms with E-state index in [1.807, 2.05) is 6.07 Å². The van der Waals surface area contributed by atoms with Crippen LogP contribution in [0.1, 0.15) is 11.3 Å². The number of nitrogens with one attached hydrogen (secondary N) is 1. The Kier molecular flexibility index (Phi) is 4.93. The van der Waals surface area contributed by atoms with Crippen LogP contribution in [0.15, 0.2) is 45.5 Å². The first-order valence-electron chi connectivity index (χ1n) is 5.61. The van der Waals surface area contributed by atoms with E-state index >= 15 is 0 Å². The van der Waals surface area contributed by atoms with Gasteiger partial charge in [-0.3, -0.25) is 0 Å². The normalized spacial score (nSPS) is 10.9. The lowest BCUT2D eigenvalue weighted by molar-refractivity contribution is -0.0505. The number of hydrogen-bond acceptors (Lipinski definition) is 3. The van der Waals surface area contributed by atoms with Crippen molar-refractivity contribution < 1.29 is 17.9 Å². The van der Waals surface area contributed by atoms with Crippen LogP contribution in [0.5, 0.6) is 5.75 Å². The third kappa shape index (κ3) is 4.33. The van der Waals surface area contributed by atoms with E-state index in [2.05, 4.69) is 26.0 Å². The number of halogens is 3. The van der Waals surface area contributed by atoms with Crippen molar-refractivity contribution in [1.82, 2.24) is 5.32 Å². The molecule has 2 aromatic rings. The van der Waals surface area contributed by atoms with Crippen LogP contribution in [0.3, 0.4) is 0 Å². The summed E-state index contributed by atoms with van der Waals surface area (Å²) in [5.74, 6) is 0.955. The van der Waals surface area contributed by atoms with Crippen molar-refractivity contribution in [3.05, 3.63) is 52.4 Å². The molecule has 0 aliphatic rings. The maximum Gasteiger partial charge on any atom is 0.387 e. The molecule has 6 heteroatoms. The fourth-order valence-corrected chi connectivity index (χ4v) is 2.04. The molecule has 0 saturated heterocycles. The molecule has 0 saturated carbocycles. The second-order valence-electron chi connectivity index (χ2n) is 3.81. The Balaban J connectivity index is 1.99. The highest BCUT2D eigenvalue weighted by atomic mass is 79.9. The van der Waals surface area contributed by atoms with Gasteiger partial charge in [-0.05, 0) is 30.3 Å². The Morgan fingerprint density at radius 1 is 1.26 bits per heavy atom. The highest BCUT2D eigenvalue weighted by molar-refractivity contribution is 9.10. The van der Waals surface area contributed by atoms with Crippen molar-refractivity contribution in [1.29, 1.82) is 0 Å². The predicted octanol–water partition coefficient (Wildman–Crippen LogP) is 3.93. The number of rotatable bonds is 6. The van der Waals surface area contributed by atoms with Gasteiger partial charge in [0.25, 0.3) is 0 Å². The quantitative estimate of drug-likeness (QED) is 0.870. The number of ether oxygens (including phenoxy) is 1. The van der Waals surface area contributed by atoms with Gasteiger partial charge in [-0.2, -0.15) is 8.78 Å². The Hall–Kier alpha value is -1.40. The van der Waals surface area contributed by atoms with Gasteiger partial charge in [0.15, 0.2) is 0 Å². The maximum absolute atomic E-state index is 12.3. The van der Waals surface area contributed by atoms with Crippen molar-refractivity contribution in [2.75, 3.05) is 0 Å². The highest BCUT2D eigenvalue weighted by Gasteiger charge is 2.10. The topological polar surface area (TPSA) is 34.4 Å². The second kappa shape index (κ2) is 6.68. The van der Waals surface area contributed by atoms with Gasteiger partial charge in [0.2, 0.25) is 0 Å². The molecule has 3 nitrogen and oxygen atoms in total. The van der Waals surface area contributed by atoms with Gasteiger partial charge in [-0.15, -0.1) is 0 Å². The summed E-state index contributed by atoms with van der Waals surface area (Å²) >= 11 is 3.30. The van der Waals surface area contributed by atoms with Gasteiger partial charge < -0.3 is 14.5 Å². The molecule has 0 bridgehead atoms. The third-order valence-corrected chi connectivity index (χ3v) is 2.93. The Labute approximate surface area is 117 Å². The predicted molar refractivity (Wildman–Crippen MR) is 70.0 cm³/mol. The van der Waals surface area contributed by atoms with Gasteiger partial charge in [-0.1, -0.05) is 15.9 Å². The largest absolute Gasteiger partial charge is 0.468 e. The van der Waals surface area contributed by atoms with Crippen LogP contribution < -0.4 is 10.1 Å². The maximum atomic E-state index is 12.3. The van der Waals surface area contributed by atoms with Crippen molar-refractivity contribution in [2.45, 2.75) is 19.7 Å². The van der Waals surface area contributed by atoms with Crippen LogP contribution in [-0.4, -0.2) is 6.61 Å². The summed E-state index contributed by atoms with van der Waals surface area (Å²) in [6.45, 7) is -1.90. The van der Waals surface area contributed by atoms with Crippen molar-refractivity contribution >= 4 is 15.9 Å². The van der Waals surface area contributed by atoms with Crippen molar-refractivity contribution in [2.24, 2.45) is 0 Å². The standard InChI is InChI=1S/C13H12BrF2NO2/c14-10-3-4-12(19-13(15)16)9(6-10)7-17-8-11-2-1-5-18-11/h1-6,13,17H,7-8H2. The van der Waals surface area contributed by atoms with E-state index in [4.69, 9.17) is 4.42 Å². The number of furan rings is 1. The van der Waals surface area contributed by atoms with E-state index in [0.29, 0.717) is 18.7 Å². The molecule has 2 rings (SSSR count). The number of alkyl halides is 2. The molecular formula is C13H12BrF2NO2. The first-order chi connectivity index (χ1) is 9.15. The zero-order valence-corrected chi connectivity index (χ0v) is 11.5. The van der Waals surface area contributed by atoms with Crippen molar-refractivity contribution in [3.8, 4) is 5.75 Å². The van der Waals surface area contributed by atoms with Gasteiger partial charge in [0.05, 0.1) is 12.8 Å². The first-order valence-corrected chi connectivity index (χ1v) is 6.41. The van der Waals surface area contributed by atoms with Crippen LogP contribution in [0.25, 0.3) is 0 Å². The summed E-state index contributed by atoms with van der Waals surface area (Å²) in [5.41, 5.74) is 0.654. The molecule has 0 unspecified atom stereocenters. The molecule has 0 atom stereocenters. The lowest BCUT2D eigenvalue weighted by atomic mass is 10.2. The van der Waals surface area contributed by atoms with E-state index in [-0.39, 0.29) is 5.75 Å². The fraction of sp³-hybridized carbons (Fsp3) is 0.231. The molecule has 1 heterocycles. The monoisotopic (exact) mass is 331 g/mol. The Morgan fingerprint density at radius 3 is 2.79 bits per heavy atom. The zero-order chi connectivity index (χ0) is 13.7. The minimum atomic E-state index is -2.83.